The lowest BCUT2D eigenvalue weighted by atomic mass is 9.91. The molecule has 0 spiro atoms. The van der Waals surface area contributed by atoms with E-state index in [-0.39, 0.29) is 23.2 Å². The number of rotatable bonds is 5. The summed E-state index contributed by atoms with van der Waals surface area (Å²) >= 11 is 0.854. The van der Waals surface area contributed by atoms with Crippen molar-refractivity contribution in [1.29, 1.82) is 0 Å². The molecule has 9 nitrogen and oxygen atoms in total. The summed E-state index contributed by atoms with van der Waals surface area (Å²) in [5, 5.41) is 8.14. The fraction of sp³-hybridized carbons (Fsp3) is 0.316. The first kappa shape index (κ1) is 19.2. The van der Waals surface area contributed by atoms with Crippen LogP contribution in [0.2, 0.25) is 0 Å². The number of anilines is 1. The van der Waals surface area contributed by atoms with Crippen LogP contribution in [0.4, 0.5) is 10.7 Å². The molecule has 0 radical (unpaired) electrons. The Labute approximate surface area is 170 Å². The Hall–Kier alpha value is -3.14. The fourth-order valence-electron chi connectivity index (χ4n) is 3.31. The van der Waals surface area contributed by atoms with Gasteiger partial charge in [-0.1, -0.05) is 0 Å². The maximum atomic E-state index is 12.1. The standard InChI is InChI=1S/C19H19N5O4S/c25-16(14-2-1-9-28-14)21-11-3-5-12(6-4-11)22-18-20-8-7-13(23-18)10-15-17(26)24-19(27)29-15/h1-2,7-12H,3-6H2,(H,21,25)(H,20,22,23)(H,24,26,27)/b15-10-/t11-,12-. The van der Waals surface area contributed by atoms with Gasteiger partial charge in [0.25, 0.3) is 17.1 Å². The first-order chi connectivity index (χ1) is 14.1. The molecule has 2 aromatic rings. The number of amides is 3. The second-order valence-electron chi connectivity index (χ2n) is 6.80. The molecule has 10 heteroatoms. The molecule has 0 unspecified atom stereocenters. The van der Waals surface area contributed by atoms with Gasteiger partial charge < -0.3 is 15.1 Å². The second-order valence-corrected chi connectivity index (χ2v) is 7.82. The van der Waals surface area contributed by atoms with E-state index in [4.69, 9.17) is 4.42 Å². The molecule has 1 saturated heterocycles. The molecule has 3 heterocycles. The van der Waals surface area contributed by atoms with Crippen LogP contribution in [0.3, 0.4) is 0 Å². The minimum Gasteiger partial charge on any atom is -0.459 e. The Bertz CT molecular complexity index is 951. The molecular formula is C19H19N5O4S. The van der Waals surface area contributed by atoms with Crippen LogP contribution in [0.25, 0.3) is 6.08 Å². The van der Waals surface area contributed by atoms with Gasteiger partial charge in [-0.2, -0.15) is 0 Å². The van der Waals surface area contributed by atoms with Crippen LogP contribution in [-0.4, -0.2) is 39.1 Å². The third-order valence-electron chi connectivity index (χ3n) is 4.74. The number of hydrogen-bond donors (Lipinski definition) is 3. The van der Waals surface area contributed by atoms with Crippen molar-refractivity contribution in [3.05, 3.63) is 47.0 Å². The van der Waals surface area contributed by atoms with Gasteiger partial charge in [-0.25, -0.2) is 9.97 Å². The van der Waals surface area contributed by atoms with Gasteiger partial charge in [0.2, 0.25) is 5.95 Å². The Morgan fingerprint density at radius 1 is 1.21 bits per heavy atom. The van der Waals surface area contributed by atoms with E-state index in [2.05, 4.69) is 25.9 Å². The highest BCUT2D eigenvalue weighted by Crippen LogP contribution is 2.25. The van der Waals surface area contributed by atoms with Gasteiger partial charge in [-0.3, -0.25) is 19.7 Å². The summed E-state index contributed by atoms with van der Waals surface area (Å²) in [4.78, 5) is 43.9. The molecule has 1 saturated carbocycles. The highest BCUT2D eigenvalue weighted by atomic mass is 32.2. The van der Waals surface area contributed by atoms with Crippen molar-refractivity contribution in [3.8, 4) is 0 Å². The van der Waals surface area contributed by atoms with Crippen LogP contribution >= 0.6 is 11.8 Å². The summed E-state index contributed by atoms with van der Waals surface area (Å²) in [5.41, 5.74) is 0.550. The summed E-state index contributed by atoms with van der Waals surface area (Å²) < 4.78 is 5.12. The summed E-state index contributed by atoms with van der Waals surface area (Å²) in [5.74, 6) is 0.184. The summed E-state index contributed by atoms with van der Waals surface area (Å²) in [6.07, 6.45) is 8.07. The molecule has 1 aliphatic carbocycles. The van der Waals surface area contributed by atoms with Gasteiger partial charge in [0.05, 0.1) is 16.9 Å². The number of nitrogens with zero attached hydrogens (tertiary/aromatic N) is 2. The molecule has 2 aromatic heterocycles. The van der Waals surface area contributed by atoms with E-state index in [1.807, 2.05) is 0 Å². The van der Waals surface area contributed by atoms with Crippen molar-refractivity contribution in [1.82, 2.24) is 20.6 Å². The third kappa shape index (κ3) is 4.83. The highest BCUT2D eigenvalue weighted by Gasteiger charge is 2.26. The Balaban J connectivity index is 1.30. The van der Waals surface area contributed by atoms with E-state index in [1.54, 1.807) is 30.5 Å². The Morgan fingerprint density at radius 2 is 2.00 bits per heavy atom. The number of carbonyl (C=O) groups excluding carboxylic acids is 3. The zero-order chi connectivity index (χ0) is 20.2. The molecule has 3 N–H and O–H groups in total. The maximum Gasteiger partial charge on any atom is 0.290 e. The number of thioether (sulfide) groups is 1. The van der Waals surface area contributed by atoms with Crippen LogP contribution in [-0.2, 0) is 4.79 Å². The minimum absolute atomic E-state index is 0.109. The van der Waals surface area contributed by atoms with Gasteiger partial charge in [0.1, 0.15) is 0 Å². The van der Waals surface area contributed by atoms with E-state index >= 15 is 0 Å². The summed E-state index contributed by atoms with van der Waals surface area (Å²) in [6, 6.07) is 5.32. The Kier molecular flexibility index (Phi) is 5.61. The smallest absolute Gasteiger partial charge is 0.290 e. The van der Waals surface area contributed by atoms with Crippen molar-refractivity contribution < 1.29 is 18.8 Å². The van der Waals surface area contributed by atoms with Crippen molar-refractivity contribution in [2.75, 3.05) is 5.32 Å². The molecule has 2 aliphatic rings. The molecule has 0 bridgehead atoms. The number of nitrogens with one attached hydrogen (secondary N) is 3. The highest BCUT2D eigenvalue weighted by molar-refractivity contribution is 8.18. The molecule has 2 fully saturated rings. The van der Waals surface area contributed by atoms with E-state index in [0.29, 0.717) is 22.3 Å². The number of imide groups is 1. The average Bonchev–Trinajstić information content (AvgIpc) is 3.34. The predicted molar refractivity (Wildman–Crippen MR) is 107 cm³/mol. The van der Waals surface area contributed by atoms with Gasteiger partial charge in [-0.05, 0) is 61.7 Å². The molecule has 4 rings (SSSR count). The van der Waals surface area contributed by atoms with Crippen LogP contribution < -0.4 is 16.0 Å². The molecular weight excluding hydrogens is 394 g/mol. The zero-order valence-corrected chi connectivity index (χ0v) is 16.2. The molecule has 3 amide bonds. The second kappa shape index (κ2) is 8.48. The van der Waals surface area contributed by atoms with Gasteiger partial charge in [0, 0.05) is 18.3 Å². The number of carbonyl (C=O) groups is 3. The van der Waals surface area contributed by atoms with E-state index in [0.717, 1.165) is 37.4 Å². The van der Waals surface area contributed by atoms with Gasteiger partial charge in [-0.15, -0.1) is 0 Å². The van der Waals surface area contributed by atoms with Crippen LogP contribution in [0.5, 0.6) is 0 Å². The van der Waals surface area contributed by atoms with E-state index in [9.17, 15) is 14.4 Å². The molecule has 0 atom stereocenters. The minimum atomic E-state index is -0.414. The first-order valence-corrected chi connectivity index (χ1v) is 10.1. The van der Waals surface area contributed by atoms with Crippen molar-refractivity contribution in [2.24, 2.45) is 0 Å². The number of furan rings is 1. The van der Waals surface area contributed by atoms with E-state index < -0.39 is 5.91 Å². The fourth-order valence-corrected chi connectivity index (χ4v) is 3.97. The molecule has 29 heavy (non-hydrogen) atoms. The number of hydrogen-bond acceptors (Lipinski definition) is 8. The predicted octanol–water partition coefficient (Wildman–Crippen LogP) is 2.55. The quantitative estimate of drug-likeness (QED) is 0.639. The lowest BCUT2D eigenvalue weighted by molar-refractivity contribution is -0.115. The first-order valence-electron chi connectivity index (χ1n) is 9.25. The monoisotopic (exact) mass is 413 g/mol. The van der Waals surface area contributed by atoms with Crippen LogP contribution in [0.15, 0.2) is 40.0 Å². The van der Waals surface area contributed by atoms with Crippen molar-refractivity contribution in [3.63, 3.8) is 0 Å². The average molecular weight is 413 g/mol. The van der Waals surface area contributed by atoms with Gasteiger partial charge in [0.15, 0.2) is 5.76 Å². The third-order valence-corrected chi connectivity index (χ3v) is 5.55. The van der Waals surface area contributed by atoms with Gasteiger partial charge >= 0.3 is 0 Å². The number of aromatic nitrogens is 2. The van der Waals surface area contributed by atoms with Crippen molar-refractivity contribution >= 4 is 40.8 Å². The largest absolute Gasteiger partial charge is 0.459 e. The molecule has 150 valence electrons. The maximum absolute atomic E-state index is 12.1. The lowest BCUT2D eigenvalue weighted by Gasteiger charge is -2.29. The van der Waals surface area contributed by atoms with E-state index in [1.165, 1.54) is 6.26 Å². The topological polar surface area (TPSA) is 126 Å². The molecule has 1 aliphatic heterocycles. The van der Waals surface area contributed by atoms with Crippen molar-refractivity contribution in [2.45, 2.75) is 37.8 Å². The normalized spacial score (nSPS) is 23.1. The van der Waals surface area contributed by atoms with Crippen LogP contribution in [0.1, 0.15) is 41.9 Å². The Morgan fingerprint density at radius 3 is 2.69 bits per heavy atom. The van der Waals surface area contributed by atoms with Crippen LogP contribution in [0, 0.1) is 0 Å². The SMILES string of the molecule is O=C1NC(=O)/C(=C/c2ccnc(N[C@H]3CC[C@H](NC(=O)c4ccco4)CC3)n2)S1. The summed E-state index contributed by atoms with van der Waals surface area (Å²) in [6.45, 7) is 0. The summed E-state index contributed by atoms with van der Waals surface area (Å²) in [7, 11) is 0. The molecule has 0 aromatic carbocycles. The lowest BCUT2D eigenvalue weighted by Crippen LogP contribution is -2.40. The zero-order valence-electron chi connectivity index (χ0n) is 15.4.